The highest BCUT2D eigenvalue weighted by molar-refractivity contribution is 5.85. The lowest BCUT2D eigenvalue weighted by Gasteiger charge is -2.37. The highest BCUT2D eigenvalue weighted by atomic mass is 16.3. The first-order chi connectivity index (χ1) is 14.6. The van der Waals surface area contributed by atoms with Gasteiger partial charge in [-0.05, 0) is 63.0 Å². The Morgan fingerprint density at radius 1 is 0.968 bits per heavy atom. The van der Waals surface area contributed by atoms with E-state index in [-0.39, 0.29) is 6.04 Å². The molecule has 0 amide bonds. The number of para-hydroxylation sites is 1. The van der Waals surface area contributed by atoms with Crippen LogP contribution in [0.5, 0.6) is 0 Å². The second-order valence-corrected chi connectivity index (χ2v) is 10.4. The second-order valence-electron chi connectivity index (χ2n) is 10.4. The van der Waals surface area contributed by atoms with Crippen molar-refractivity contribution in [1.82, 2.24) is 0 Å². The first-order valence-corrected chi connectivity index (χ1v) is 12.0. The molecule has 166 valence electrons. The Morgan fingerprint density at radius 2 is 1.55 bits per heavy atom. The summed E-state index contributed by atoms with van der Waals surface area (Å²) in [5.74, 6) is 0.786. The van der Waals surface area contributed by atoms with E-state index in [2.05, 4.69) is 94.6 Å². The Hall–Kier alpha value is -2.13. The van der Waals surface area contributed by atoms with Crippen LogP contribution in [0.4, 0.5) is 11.4 Å². The zero-order valence-corrected chi connectivity index (χ0v) is 20.4. The van der Waals surface area contributed by atoms with Gasteiger partial charge in [-0.3, -0.25) is 0 Å². The van der Waals surface area contributed by atoms with E-state index >= 15 is 0 Å². The normalized spacial score (nSPS) is 23.5. The fourth-order valence-electron chi connectivity index (χ4n) is 5.90. The summed E-state index contributed by atoms with van der Waals surface area (Å²) in [6.45, 7) is 15.6. The quantitative estimate of drug-likeness (QED) is 0.559. The molecule has 0 radical (unpaired) electrons. The molecule has 2 aromatic rings. The van der Waals surface area contributed by atoms with E-state index in [9.17, 15) is 5.11 Å². The molecule has 0 aromatic heterocycles. The van der Waals surface area contributed by atoms with E-state index in [0.29, 0.717) is 11.8 Å². The van der Waals surface area contributed by atoms with Crippen LogP contribution in [0.25, 0.3) is 0 Å². The zero-order chi connectivity index (χ0) is 22.5. The smallest absolute Gasteiger partial charge is 0.251 e. The van der Waals surface area contributed by atoms with Gasteiger partial charge in [0.15, 0.2) is 6.04 Å². The lowest BCUT2D eigenvalue weighted by Crippen LogP contribution is -2.55. The molecule has 1 heterocycles. The number of hydrogen-bond acceptors (Lipinski definition) is 2. The van der Waals surface area contributed by atoms with Crippen molar-refractivity contribution >= 4 is 17.7 Å². The SMILES string of the molecule is Cc1cc(C)c([N+]2=CN(c3c(C(C)C)cccc3C(C)C)C3(O)CCCCC23)c(C)c1. The van der Waals surface area contributed by atoms with Crippen molar-refractivity contribution in [3.8, 4) is 0 Å². The van der Waals surface area contributed by atoms with Gasteiger partial charge < -0.3 is 5.11 Å². The Bertz CT molecular complexity index is 970. The highest BCUT2D eigenvalue weighted by Crippen LogP contribution is 2.46. The van der Waals surface area contributed by atoms with Crippen molar-refractivity contribution in [3.63, 3.8) is 0 Å². The summed E-state index contributed by atoms with van der Waals surface area (Å²) in [6.07, 6.45) is 6.28. The number of aliphatic hydroxyl groups is 1. The van der Waals surface area contributed by atoms with Crippen LogP contribution in [0.1, 0.15) is 93.0 Å². The lowest BCUT2D eigenvalue weighted by atomic mass is 9.84. The molecule has 2 aromatic carbocycles. The molecular weight excluding hydrogens is 380 g/mol. The third kappa shape index (κ3) is 3.61. The van der Waals surface area contributed by atoms with Gasteiger partial charge in [0.1, 0.15) is 11.4 Å². The van der Waals surface area contributed by atoms with Gasteiger partial charge in [0, 0.05) is 17.5 Å². The van der Waals surface area contributed by atoms with Crippen molar-refractivity contribution in [1.29, 1.82) is 0 Å². The van der Waals surface area contributed by atoms with Crippen molar-refractivity contribution < 1.29 is 9.68 Å². The first-order valence-electron chi connectivity index (χ1n) is 12.0. The molecule has 1 fully saturated rings. The molecule has 0 bridgehead atoms. The summed E-state index contributed by atoms with van der Waals surface area (Å²) in [5, 5.41) is 12.3. The van der Waals surface area contributed by atoms with Crippen LogP contribution < -0.4 is 4.90 Å². The molecule has 2 unspecified atom stereocenters. The first kappa shape index (κ1) is 22.1. The van der Waals surface area contributed by atoms with Crippen LogP contribution in [-0.4, -0.2) is 27.8 Å². The predicted molar refractivity (Wildman–Crippen MR) is 131 cm³/mol. The van der Waals surface area contributed by atoms with Gasteiger partial charge in [-0.1, -0.05) is 63.6 Å². The molecule has 2 aliphatic rings. The molecule has 3 heteroatoms. The van der Waals surface area contributed by atoms with Gasteiger partial charge in [-0.2, -0.15) is 4.90 Å². The molecule has 4 rings (SSSR count). The Kier molecular flexibility index (Phi) is 5.76. The summed E-state index contributed by atoms with van der Waals surface area (Å²) in [6, 6.07) is 11.3. The third-order valence-electron chi connectivity index (χ3n) is 7.28. The summed E-state index contributed by atoms with van der Waals surface area (Å²) in [4.78, 5) is 2.25. The molecule has 31 heavy (non-hydrogen) atoms. The maximum Gasteiger partial charge on any atom is 0.251 e. The summed E-state index contributed by atoms with van der Waals surface area (Å²) in [7, 11) is 0. The average Bonchev–Trinajstić information content (AvgIpc) is 2.99. The lowest BCUT2D eigenvalue weighted by molar-refractivity contribution is -0.497. The molecule has 1 saturated carbocycles. The number of benzene rings is 2. The monoisotopic (exact) mass is 419 g/mol. The summed E-state index contributed by atoms with van der Waals surface area (Å²) < 4.78 is 2.39. The molecule has 1 N–H and O–H groups in total. The number of rotatable bonds is 4. The Balaban J connectivity index is 1.97. The highest BCUT2D eigenvalue weighted by Gasteiger charge is 2.58. The predicted octanol–water partition coefficient (Wildman–Crippen LogP) is 6.68. The fourth-order valence-corrected chi connectivity index (χ4v) is 5.90. The molecule has 2 atom stereocenters. The van der Waals surface area contributed by atoms with Crippen LogP contribution in [0.15, 0.2) is 30.3 Å². The van der Waals surface area contributed by atoms with E-state index in [0.717, 1.165) is 25.7 Å². The minimum Gasteiger partial charge on any atom is -0.350 e. The minimum absolute atomic E-state index is 0.0709. The average molecular weight is 420 g/mol. The van der Waals surface area contributed by atoms with Gasteiger partial charge in [0.05, 0.1) is 0 Å². The standard InChI is InChI=1S/C28H39N2O/c1-18(2)23-11-10-12-24(19(3)4)27(23)30-17-29(25-13-8-9-14-28(25,30)31)26-21(6)15-20(5)16-22(26)7/h10-12,15-19,25,31H,8-9,13-14H2,1-7H3/q+1. The third-order valence-corrected chi connectivity index (χ3v) is 7.28. The molecule has 1 aliphatic carbocycles. The topological polar surface area (TPSA) is 26.5 Å². The number of fused-ring (bicyclic) bond motifs is 1. The molecule has 1 aliphatic heterocycles. The van der Waals surface area contributed by atoms with Gasteiger partial charge in [-0.15, -0.1) is 0 Å². The second kappa shape index (κ2) is 8.09. The van der Waals surface area contributed by atoms with Gasteiger partial charge in [0.2, 0.25) is 6.34 Å². The number of nitrogens with zero attached hydrogens (tertiary/aromatic N) is 2. The van der Waals surface area contributed by atoms with Crippen molar-refractivity contribution in [2.75, 3.05) is 4.90 Å². The zero-order valence-electron chi connectivity index (χ0n) is 20.4. The van der Waals surface area contributed by atoms with E-state index in [4.69, 9.17) is 0 Å². The minimum atomic E-state index is -0.878. The maximum atomic E-state index is 12.3. The van der Waals surface area contributed by atoms with Crippen molar-refractivity contribution in [2.45, 2.75) is 97.8 Å². The number of hydrogen-bond donors (Lipinski definition) is 1. The van der Waals surface area contributed by atoms with Gasteiger partial charge >= 0.3 is 0 Å². The molecule has 0 spiro atoms. The van der Waals surface area contributed by atoms with Crippen LogP contribution in [0.2, 0.25) is 0 Å². The Morgan fingerprint density at radius 3 is 2.10 bits per heavy atom. The molecular formula is C28H39N2O+. The van der Waals surface area contributed by atoms with Gasteiger partial charge in [-0.25, -0.2) is 4.58 Å². The van der Waals surface area contributed by atoms with E-state index in [1.165, 1.54) is 39.2 Å². The number of anilines is 1. The van der Waals surface area contributed by atoms with Crippen molar-refractivity contribution in [3.05, 3.63) is 58.1 Å². The number of aryl methyl sites for hydroxylation is 3. The van der Waals surface area contributed by atoms with E-state index in [1.54, 1.807) is 0 Å². The molecule has 3 nitrogen and oxygen atoms in total. The largest absolute Gasteiger partial charge is 0.350 e. The van der Waals surface area contributed by atoms with Gasteiger partial charge in [0.25, 0.3) is 5.72 Å². The van der Waals surface area contributed by atoms with Crippen LogP contribution in [-0.2, 0) is 0 Å². The van der Waals surface area contributed by atoms with Crippen LogP contribution in [0, 0.1) is 20.8 Å². The summed E-state index contributed by atoms with van der Waals surface area (Å²) >= 11 is 0. The van der Waals surface area contributed by atoms with Crippen LogP contribution >= 0.6 is 0 Å². The Labute approximate surface area is 188 Å². The fraction of sp³-hybridized carbons (Fsp3) is 0.536. The summed E-state index contributed by atoms with van der Waals surface area (Å²) in [5.41, 5.74) is 8.09. The molecule has 0 saturated heterocycles. The van der Waals surface area contributed by atoms with E-state index < -0.39 is 5.72 Å². The van der Waals surface area contributed by atoms with Crippen molar-refractivity contribution in [2.24, 2.45) is 0 Å². The maximum absolute atomic E-state index is 12.3. The van der Waals surface area contributed by atoms with Crippen LogP contribution in [0.3, 0.4) is 0 Å². The van der Waals surface area contributed by atoms with E-state index in [1.807, 2.05) is 0 Å².